The molecule has 3 N–H and O–H groups in total. The highest BCUT2D eigenvalue weighted by molar-refractivity contribution is 8.01. The van der Waals surface area contributed by atoms with Crippen LogP contribution in [0.1, 0.15) is 23.9 Å². The maximum atomic E-state index is 12.4. The summed E-state index contributed by atoms with van der Waals surface area (Å²) in [5.74, 6) is 0.350. The summed E-state index contributed by atoms with van der Waals surface area (Å²) in [4.78, 5) is 14.2. The molecule has 0 aromatic carbocycles. The quantitative estimate of drug-likeness (QED) is 0.753. The molecule has 2 aromatic heterocycles. The van der Waals surface area contributed by atoms with Crippen LogP contribution in [0.2, 0.25) is 0 Å². The summed E-state index contributed by atoms with van der Waals surface area (Å²) in [6, 6.07) is 0. The van der Waals surface area contributed by atoms with E-state index in [1.54, 1.807) is 4.90 Å². The monoisotopic (exact) mass is 354 g/mol. The Morgan fingerprint density at radius 3 is 2.96 bits per heavy atom. The van der Waals surface area contributed by atoms with Crippen LogP contribution < -0.4 is 5.73 Å². The van der Waals surface area contributed by atoms with E-state index in [-0.39, 0.29) is 12.5 Å². The van der Waals surface area contributed by atoms with Gasteiger partial charge in [0, 0.05) is 37.3 Å². The molecule has 10 heteroatoms. The van der Waals surface area contributed by atoms with Crippen molar-refractivity contribution in [2.45, 2.75) is 37.4 Å². The zero-order chi connectivity index (χ0) is 16.4. The van der Waals surface area contributed by atoms with Crippen LogP contribution >= 0.6 is 23.1 Å². The molecule has 3 heterocycles. The fourth-order valence-corrected chi connectivity index (χ4v) is 4.20. The fraction of sp³-hybridized carbons (Fsp3) is 0.538. The van der Waals surface area contributed by atoms with Crippen molar-refractivity contribution in [3.63, 3.8) is 0 Å². The number of aliphatic hydroxyl groups is 1. The van der Waals surface area contributed by atoms with E-state index in [1.165, 1.54) is 23.1 Å². The highest BCUT2D eigenvalue weighted by Gasteiger charge is 2.26. The van der Waals surface area contributed by atoms with E-state index >= 15 is 0 Å². The Kier molecular flexibility index (Phi) is 4.83. The first-order valence-electron chi connectivity index (χ1n) is 7.30. The van der Waals surface area contributed by atoms with Gasteiger partial charge in [0.05, 0.1) is 18.1 Å². The number of hydrogen-bond acceptors (Lipinski definition) is 8. The Morgan fingerprint density at radius 1 is 1.48 bits per heavy atom. The number of aryl methyl sites for hydroxylation is 1. The van der Waals surface area contributed by atoms with E-state index in [9.17, 15) is 9.90 Å². The first-order valence-corrected chi connectivity index (χ1v) is 9.10. The minimum atomic E-state index is -0.101. The zero-order valence-electron chi connectivity index (χ0n) is 12.7. The molecule has 1 aliphatic heterocycles. The van der Waals surface area contributed by atoms with Gasteiger partial charge >= 0.3 is 0 Å². The SMILES string of the molecule is CCn1nc(CO)c2c1CCN(C(=O)CSc1nnc(N)s1)C2. The van der Waals surface area contributed by atoms with Gasteiger partial charge in [-0.15, -0.1) is 10.2 Å². The summed E-state index contributed by atoms with van der Waals surface area (Å²) in [5.41, 5.74) is 8.32. The molecule has 1 amide bonds. The van der Waals surface area contributed by atoms with Crippen molar-refractivity contribution in [2.75, 3.05) is 18.0 Å². The smallest absolute Gasteiger partial charge is 0.233 e. The number of carbonyl (C=O) groups is 1. The average molecular weight is 354 g/mol. The number of nitrogens with two attached hydrogens (primary N) is 1. The molecule has 0 saturated heterocycles. The first kappa shape index (κ1) is 16.2. The molecule has 0 fully saturated rings. The van der Waals surface area contributed by atoms with Gasteiger partial charge in [-0.05, 0) is 6.92 Å². The third kappa shape index (κ3) is 3.33. The molecule has 3 rings (SSSR count). The molecule has 23 heavy (non-hydrogen) atoms. The second-order valence-electron chi connectivity index (χ2n) is 5.11. The van der Waals surface area contributed by atoms with Crippen LogP contribution in [0.25, 0.3) is 0 Å². The van der Waals surface area contributed by atoms with Crippen molar-refractivity contribution in [1.29, 1.82) is 0 Å². The second-order valence-corrected chi connectivity index (χ2v) is 7.34. The lowest BCUT2D eigenvalue weighted by Crippen LogP contribution is -2.37. The topological polar surface area (TPSA) is 110 Å². The molecule has 0 unspecified atom stereocenters. The van der Waals surface area contributed by atoms with E-state index in [2.05, 4.69) is 15.3 Å². The number of hydrogen-bond donors (Lipinski definition) is 2. The number of fused-ring (bicyclic) bond motifs is 1. The predicted octanol–water partition coefficient (Wildman–Crippen LogP) is 0.506. The third-order valence-electron chi connectivity index (χ3n) is 3.76. The summed E-state index contributed by atoms with van der Waals surface area (Å²) in [6.45, 7) is 3.86. The van der Waals surface area contributed by atoms with Crippen LogP contribution in [0, 0.1) is 0 Å². The van der Waals surface area contributed by atoms with E-state index < -0.39 is 0 Å². The molecule has 124 valence electrons. The van der Waals surface area contributed by atoms with Crippen LogP contribution in [0.4, 0.5) is 5.13 Å². The van der Waals surface area contributed by atoms with E-state index in [0.29, 0.717) is 34.0 Å². The minimum absolute atomic E-state index is 0.0440. The minimum Gasteiger partial charge on any atom is -0.390 e. The van der Waals surface area contributed by atoms with Crippen LogP contribution in [0.5, 0.6) is 0 Å². The van der Waals surface area contributed by atoms with Gasteiger partial charge in [0.15, 0.2) is 4.34 Å². The van der Waals surface area contributed by atoms with Gasteiger partial charge in [-0.1, -0.05) is 23.1 Å². The number of aliphatic hydroxyl groups excluding tert-OH is 1. The Hall–Kier alpha value is -1.65. The van der Waals surface area contributed by atoms with Crippen molar-refractivity contribution in [3.8, 4) is 0 Å². The van der Waals surface area contributed by atoms with Gasteiger partial charge in [-0.25, -0.2) is 0 Å². The molecule has 0 saturated carbocycles. The molecule has 2 aromatic rings. The van der Waals surface area contributed by atoms with Gasteiger partial charge in [-0.3, -0.25) is 9.48 Å². The van der Waals surface area contributed by atoms with Gasteiger partial charge in [0.1, 0.15) is 0 Å². The summed E-state index contributed by atoms with van der Waals surface area (Å²) in [7, 11) is 0. The average Bonchev–Trinajstić information content (AvgIpc) is 3.14. The summed E-state index contributed by atoms with van der Waals surface area (Å²) in [5, 5.41) is 21.9. The number of nitrogens with zero attached hydrogens (tertiary/aromatic N) is 5. The number of anilines is 1. The lowest BCUT2D eigenvalue weighted by atomic mass is 10.1. The highest BCUT2D eigenvalue weighted by atomic mass is 32.2. The maximum absolute atomic E-state index is 12.4. The molecule has 1 aliphatic rings. The largest absolute Gasteiger partial charge is 0.390 e. The lowest BCUT2D eigenvalue weighted by Gasteiger charge is -2.27. The highest BCUT2D eigenvalue weighted by Crippen LogP contribution is 2.26. The number of thioether (sulfide) groups is 1. The fourth-order valence-electron chi connectivity index (χ4n) is 2.66. The summed E-state index contributed by atoms with van der Waals surface area (Å²) in [6.07, 6.45) is 0.762. The summed E-state index contributed by atoms with van der Waals surface area (Å²) >= 11 is 2.63. The molecule has 0 spiro atoms. The number of carbonyl (C=O) groups excluding carboxylic acids is 1. The Balaban J connectivity index is 1.66. The van der Waals surface area contributed by atoms with Crippen molar-refractivity contribution >= 4 is 34.1 Å². The van der Waals surface area contributed by atoms with E-state index in [0.717, 1.165) is 24.2 Å². The predicted molar refractivity (Wildman–Crippen MR) is 88.0 cm³/mol. The van der Waals surface area contributed by atoms with Crippen molar-refractivity contribution in [1.82, 2.24) is 24.9 Å². The molecule has 0 aliphatic carbocycles. The van der Waals surface area contributed by atoms with Crippen LogP contribution in [0.15, 0.2) is 4.34 Å². The molecular formula is C13H18N6O2S2. The van der Waals surface area contributed by atoms with Crippen molar-refractivity contribution in [3.05, 3.63) is 17.0 Å². The molecule has 0 atom stereocenters. The van der Waals surface area contributed by atoms with Crippen LogP contribution in [-0.4, -0.2) is 48.2 Å². The molecule has 0 radical (unpaired) electrons. The molecule has 0 bridgehead atoms. The first-order chi connectivity index (χ1) is 11.1. The normalized spacial score (nSPS) is 14.1. The molecular weight excluding hydrogens is 336 g/mol. The number of aromatic nitrogens is 4. The lowest BCUT2D eigenvalue weighted by molar-refractivity contribution is -0.129. The van der Waals surface area contributed by atoms with E-state index in [4.69, 9.17) is 5.73 Å². The Bertz CT molecular complexity index is 713. The molecule has 8 nitrogen and oxygen atoms in total. The van der Waals surface area contributed by atoms with E-state index in [1.807, 2.05) is 11.6 Å². The van der Waals surface area contributed by atoms with Gasteiger partial charge in [0.2, 0.25) is 11.0 Å². The van der Waals surface area contributed by atoms with Crippen molar-refractivity contribution in [2.24, 2.45) is 0 Å². The zero-order valence-corrected chi connectivity index (χ0v) is 14.4. The van der Waals surface area contributed by atoms with Crippen molar-refractivity contribution < 1.29 is 9.90 Å². The maximum Gasteiger partial charge on any atom is 0.233 e. The number of amides is 1. The van der Waals surface area contributed by atoms with Gasteiger partial charge in [0.25, 0.3) is 0 Å². The number of rotatable bonds is 5. The standard InChI is InChI=1S/C13H18N6O2S2/c1-2-19-10-3-4-18(5-8(10)9(6-20)17-19)11(21)7-22-13-16-15-12(14)23-13/h20H,2-7H2,1H3,(H2,14,15). The Labute approximate surface area is 141 Å². The van der Waals surface area contributed by atoms with Gasteiger partial charge in [-0.2, -0.15) is 5.10 Å². The van der Waals surface area contributed by atoms with Crippen LogP contribution in [-0.2, 0) is 30.9 Å². The second kappa shape index (κ2) is 6.85. The third-order valence-corrected chi connectivity index (χ3v) is 5.63. The number of nitrogen functional groups attached to an aromatic ring is 1. The van der Waals surface area contributed by atoms with Crippen LogP contribution in [0.3, 0.4) is 0 Å². The van der Waals surface area contributed by atoms with Gasteiger partial charge < -0.3 is 15.7 Å². The summed E-state index contributed by atoms with van der Waals surface area (Å²) < 4.78 is 2.62. The Morgan fingerprint density at radius 2 is 2.30 bits per heavy atom.